The predicted molar refractivity (Wildman–Crippen MR) is 67.6 cm³/mol. The van der Waals surface area contributed by atoms with Crippen molar-refractivity contribution in [2.75, 3.05) is 13.1 Å². The Morgan fingerprint density at radius 1 is 0.737 bits per heavy atom. The number of hydrogen-bond acceptors (Lipinski definition) is 2. The largest absolute Gasteiger partial charge is 4.00 e. The summed E-state index contributed by atoms with van der Waals surface area (Å²) >= 11 is 0. The van der Waals surface area contributed by atoms with E-state index in [9.17, 15) is 9.59 Å². The molecule has 0 saturated carbocycles. The molecule has 0 spiro atoms. The molecule has 7 heteroatoms. The van der Waals surface area contributed by atoms with Crippen LogP contribution >= 0.6 is 0 Å². The first kappa shape index (κ1) is 31.6. The first-order chi connectivity index (χ1) is 7.62. The first-order valence-corrected chi connectivity index (χ1v) is 6.02. The summed E-state index contributed by atoms with van der Waals surface area (Å²) in [6, 6.07) is 0. The molecule has 0 aliphatic carbocycles. The van der Waals surface area contributed by atoms with E-state index < -0.39 is 0 Å². The van der Waals surface area contributed by atoms with E-state index in [4.69, 9.17) is 0 Å². The van der Waals surface area contributed by atoms with Gasteiger partial charge in [0.1, 0.15) is 0 Å². The van der Waals surface area contributed by atoms with Crippen LogP contribution in [0.25, 0.3) is 10.6 Å². The zero-order valence-electron chi connectivity index (χ0n) is 12.2. The van der Waals surface area contributed by atoms with Crippen LogP contribution in [0.5, 0.6) is 0 Å². The van der Waals surface area contributed by atoms with Crippen molar-refractivity contribution in [2.45, 2.75) is 53.4 Å². The van der Waals surface area contributed by atoms with Gasteiger partial charge in [-0.2, -0.15) is 0 Å². The van der Waals surface area contributed by atoms with Crippen LogP contribution < -0.4 is 24.8 Å². The average molecular weight is 347 g/mol. The van der Waals surface area contributed by atoms with Crippen LogP contribution in [-0.2, 0) is 31.3 Å². The number of carbonyl (C=O) groups is 2. The Labute approximate surface area is 144 Å². The SMILES string of the molecule is CCCC(=O)[N-]CC.CCCC(=O)[N-]CC.[Cl-].[Cl-].[Ti+4]. The van der Waals surface area contributed by atoms with E-state index in [0.717, 1.165) is 12.8 Å². The van der Waals surface area contributed by atoms with Crippen molar-refractivity contribution in [3.05, 3.63) is 10.6 Å². The van der Waals surface area contributed by atoms with E-state index in [1.54, 1.807) is 0 Å². The van der Waals surface area contributed by atoms with Gasteiger partial charge in [-0.15, -0.1) is 13.1 Å². The van der Waals surface area contributed by atoms with Gasteiger partial charge in [0.25, 0.3) is 0 Å². The molecule has 0 aliphatic rings. The van der Waals surface area contributed by atoms with Crippen LogP contribution in [0.1, 0.15) is 53.4 Å². The molecule has 0 atom stereocenters. The molecule has 0 fully saturated rings. The van der Waals surface area contributed by atoms with E-state index in [0.29, 0.717) is 25.9 Å². The summed E-state index contributed by atoms with van der Waals surface area (Å²) in [4.78, 5) is 21.0. The third-order valence-corrected chi connectivity index (χ3v) is 1.60. The number of carbonyl (C=O) groups excluding carboxylic acids is 2. The Morgan fingerprint density at radius 3 is 1.16 bits per heavy atom. The summed E-state index contributed by atoms with van der Waals surface area (Å²) in [6.45, 7) is 8.94. The van der Waals surface area contributed by atoms with Gasteiger partial charge in [0.15, 0.2) is 0 Å². The maximum Gasteiger partial charge on any atom is 4.00 e. The molecule has 4 nitrogen and oxygen atoms in total. The van der Waals surface area contributed by atoms with Crippen LogP contribution in [0.15, 0.2) is 0 Å². The minimum atomic E-state index is 0. The maximum absolute atomic E-state index is 10.5. The number of halogens is 2. The summed E-state index contributed by atoms with van der Waals surface area (Å²) in [5.74, 6) is 0.0741. The summed E-state index contributed by atoms with van der Waals surface area (Å²) in [5, 5.41) is 7.35. The third-order valence-electron chi connectivity index (χ3n) is 1.60. The van der Waals surface area contributed by atoms with E-state index in [1.165, 1.54) is 0 Å². The number of hydrogen-bond donors (Lipinski definition) is 0. The molecule has 0 saturated heterocycles. The zero-order valence-corrected chi connectivity index (χ0v) is 15.3. The van der Waals surface area contributed by atoms with E-state index in [1.807, 2.05) is 27.7 Å². The van der Waals surface area contributed by atoms with Gasteiger partial charge < -0.3 is 45.0 Å². The molecule has 0 aliphatic heterocycles. The Balaban J connectivity index is -0.0000000594. The standard InChI is InChI=1S/2C6H13NO.2ClH.Ti/c2*1-3-5-6(8)7-4-2;;;/h2*3-5H2,1-2H3,(H,7,8);2*1H;/q;;;;+4/p-4. The second kappa shape index (κ2) is 26.7. The monoisotopic (exact) mass is 346 g/mol. The summed E-state index contributed by atoms with van der Waals surface area (Å²) in [5.41, 5.74) is 0. The van der Waals surface area contributed by atoms with Crippen molar-refractivity contribution in [3.63, 3.8) is 0 Å². The second-order valence-electron chi connectivity index (χ2n) is 3.24. The van der Waals surface area contributed by atoms with Crippen LogP contribution in [0.2, 0.25) is 0 Å². The van der Waals surface area contributed by atoms with Crippen LogP contribution in [-0.4, -0.2) is 24.9 Å². The van der Waals surface area contributed by atoms with Gasteiger partial charge in [0.2, 0.25) is 0 Å². The fourth-order valence-electron chi connectivity index (χ4n) is 0.939. The smallest absolute Gasteiger partial charge is 1.00 e. The molecule has 19 heavy (non-hydrogen) atoms. The molecule has 2 amide bonds. The third kappa shape index (κ3) is 32.1. The Kier molecular flexibility index (Phi) is 44.4. The van der Waals surface area contributed by atoms with E-state index in [2.05, 4.69) is 10.6 Å². The van der Waals surface area contributed by atoms with Crippen molar-refractivity contribution in [1.29, 1.82) is 0 Å². The van der Waals surface area contributed by atoms with Gasteiger partial charge in [0.05, 0.1) is 11.8 Å². The maximum atomic E-state index is 10.5. The summed E-state index contributed by atoms with van der Waals surface area (Å²) in [7, 11) is 0. The van der Waals surface area contributed by atoms with Gasteiger partial charge in [-0.1, -0.05) is 40.5 Å². The van der Waals surface area contributed by atoms with Crippen LogP contribution in [0.3, 0.4) is 0 Å². The number of nitrogens with zero attached hydrogens (tertiary/aromatic N) is 2. The van der Waals surface area contributed by atoms with Crippen molar-refractivity contribution in [3.8, 4) is 0 Å². The van der Waals surface area contributed by atoms with Crippen molar-refractivity contribution in [2.24, 2.45) is 0 Å². The minimum Gasteiger partial charge on any atom is -1.00 e. The molecular weight excluding hydrogens is 323 g/mol. The Morgan fingerprint density at radius 2 is 1.00 bits per heavy atom. The van der Waals surface area contributed by atoms with E-state index >= 15 is 0 Å². The first-order valence-electron chi connectivity index (χ1n) is 6.02. The van der Waals surface area contributed by atoms with Crippen molar-refractivity contribution < 1.29 is 56.1 Å². The zero-order chi connectivity index (χ0) is 12.8. The molecule has 112 valence electrons. The molecule has 0 aromatic carbocycles. The van der Waals surface area contributed by atoms with Crippen molar-refractivity contribution in [1.82, 2.24) is 0 Å². The quantitative estimate of drug-likeness (QED) is 0.496. The van der Waals surface area contributed by atoms with Crippen LogP contribution in [0.4, 0.5) is 0 Å². The summed E-state index contributed by atoms with van der Waals surface area (Å²) < 4.78 is 0. The molecule has 0 aromatic heterocycles. The minimum absolute atomic E-state index is 0. The molecule has 0 unspecified atom stereocenters. The average Bonchev–Trinajstić information content (AvgIpc) is 2.20. The molecule has 0 heterocycles. The molecule has 0 aromatic rings. The van der Waals surface area contributed by atoms with E-state index in [-0.39, 0.29) is 58.3 Å². The van der Waals surface area contributed by atoms with Gasteiger partial charge in [0, 0.05) is 0 Å². The molecule has 0 bridgehead atoms. The Hall–Kier alpha value is 0.234. The fraction of sp³-hybridized carbons (Fsp3) is 0.833. The van der Waals surface area contributed by atoms with Gasteiger partial charge >= 0.3 is 21.7 Å². The van der Waals surface area contributed by atoms with Gasteiger partial charge in [-0.05, 0) is 12.8 Å². The normalized spacial score (nSPS) is 7.37. The fourth-order valence-corrected chi connectivity index (χ4v) is 0.939. The molecule has 0 N–H and O–H groups in total. The predicted octanol–water partition coefficient (Wildman–Crippen LogP) is -2.58. The molecular formula is C12H24Cl2N2O2Ti. The second-order valence-corrected chi connectivity index (χ2v) is 3.24. The van der Waals surface area contributed by atoms with Gasteiger partial charge in [-0.25, -0.2) is 0 Å². The topological polar surface area (TPSA) is 62.3 Å². The Bertz CT molecular complexity index is 161. The van der Waals surface area contributed by atoms with Crippen molar-refractivity contribution >= 4 is 11.8 Å². The van der Waals surface area contributed by atoms with Crippen LogP contribution in [0, 0.1) is 0 Å². The number of amides is 2. The van der Waals surface area contributed by atoms with Gasteiger partial charge in [-0.3, -0.25) is 0 Å². The number of rotatable bonds is 6. The summed E-state index contributed by atoms with van der Waals surface area (Å²) in [6.07, 6.45) is 3.02. The molecule has 0 radical (unpaired) electrons. The molecule has 0 rings (SSSR count).